The van der Waals surface area contributed by atoms with Gasteiger partial charge in [-0.3, -0.25) is 4.98 Å². The molecule has 162 valence electrons. The molecular formula is C23H19ClN4O3S. The molecule has 0 bridgehead atoms. The van der Waals surface area contributed by atoms with E-state index in [0.29, 0.717) is 22.4 Å². The van der Waals surface area contributed by atoms with E-state index in [1.54, 1.807) is 48.9 Å². The van der Waals surface area contributed by atoms with Crippen molar-refractivity contribution in [1.29, 1.82) is 0 Å². The van der Waals surface area contributed by atoms with E-state index in [2.05, 4.69) is 15.0 Å². The summed E-state index contributed by atoms with van der Waals surface area (Å²) in [6, 6.07) is 14.0. The highest BCUT2D eigenvalue weighted by atomic mass is 35.5. The summed E-state index contributed by atoms with van der Waals surface area (Å²) >= 11 is 6.16. The molecular weight excluding hydrogens is 448 g/mol. The maximum absolute atomic E-state index is 11.7. The van der Waals surface area contributed by atoms with Gasteiger partial charge in [0.2, 0.25) is 5.88 Å². The molecule has 0 aliphatic heterocycles. The summed E-state index contributed by atoms with van der Waals surface area (Å²) in [6.07, 6.45) is 6.18. The first kappa shape index (κ1) is 21.7. The highest BCUT2D eigenvalue weighted by molar-refractivity contribution is 7.90. The second-order valence-electron chi connectivity index (χ2n) is 7.10. The molecule has 4 rings (SSSR count). The Balaban J connectivity index is 1.66. The maximum Gasteiger partial charge on any atom is 0.232 e. The third kappa shape index (κ3) is 4.42. The number of benzene rings is 1. The van der Waals surface area contributed by atoms with Gasteiger partial charge in [-0.25, -0.2) is 18.4 Å². The lowest BCUT2D eigenvalue weighted by atomic mass is 10.0. The van der Waals surface area contributed by atoms with Crippen molar-refractivity contribution in [3.8, 4) is 39.4 Å². The predicted octanol–water partition coefficient (Wildman–Crippen LogP) is 4.52. The Kier molecular flexibility index (Phi) is 5.82. The Morgan fingerprint density at radius 3 is 2.09 bits per heavy atom. The summed E-state index contributed by atoms with van der Waals surface area (Å²) in [5, 5.41) is 0.402. The van der Waals surface area contributed by atoms with Crippen molar-refractivity contribution in [2.45, 2.75) is 4.90 Å². The van der Waals surface area contributed by atoms with Gasteiger partial charge in [-0.2, -0.15) is 0 Å². The second-order valence-corrected chi connectivity index (χ2v) is 9.52. The van der Waals surface area contributed by atoms with Crippen molar-refractivity contribution in [3.05, 3.63) is 72.1 Å². The van der Waals surface area contributed by atoms with Gasteiger partial charge in [-0.05, 0) is 35.9 Å². The molecule has 3 aromatic heterocycles. The van der Waals surface area contributed by atoms with E-state index in [1.807, 2.05) is 18.2 Å². The summed E-state index contributed by atoms with van der Waals surface area (Å²) in [4.78, 5) is 13.3. The van der Waals surface area contributed by atoms with Crippen LogP contribution in [-0.4, -0.2) is 36.7 Å². The van der Waals surface area contributed by atoms with Gasteiger partial charge in [-0.15, -0.1) is 0 Å². The molecule has 0 aliphatic carbocycles. The zero-order valence-corrected chi connectivity index (χ0v) is 18.9. The number of hydrogen-bond donors (Lipinski definition) is 1. The minimum Gasteiger partial charge on any atom is -0.480 e. The van der Waals surface area contributed by atoms with E-state index < -0.39 is 9.84 Å². The number of nitrogens with zero attached hydrogens (tertiary/aromatic N) is 3. The van der Waals surface area contributed by atoms with Gasteiger partial charge in [0.05, 0.1) is 17.7 Å². The Morgan fingerprint density at radius 1 is 0.844 bits per heavy atom. The Hall–Kier alpha value is -3.49. The van der Waals surface area contributed by atoms with E-state index in [1.165, 1.54) is 13.4 Å². The molecule has 0 spiro atoms. The molecule has 0 aliphatic rings. The maximum atomic E-state index is 11.7. The number of rotatable bonds is 5. The first-order chi connectivity index (χ1) is 15.3. The zero-order chi connectivity index (χ0) is 22.9. The summed E-state index contributed by atoms with van der Waals surface area (Å²) in [5.41, 5.74) is 10.7. The predicted molar refractivity (Wildman–Crippen MR) is 125 cm³/mol. The lowest BCUT2D eigenvalue weighted by Crippen LogP contribution is -1.97. The number of sulfone groups is 1. The average Bonchev–Trinajstić information content (AvgIpc) is 2.79. The minimum atomic E-state index is -3.26. The molecule has 3 heterocycles. The van der Waals surface area contributed by atoms with Gasteiger partial charge in [0.1, 0.15) is 10.8 Å². The number of nitrogen functional groups attached to an aromatic ring is 1. The number of aromatic nitrogens is 3. The Bertz CT molecular complexity index is 1390. The van der Waals surface area contributed by atoms with Gasteiger partial charge in [0, 0.05) is 47.1 Å². The number of pyridine rings is 3. The molecule has 2 N–H and O–H groups in total. The smallest absolute Gasteiger partial charge is 0.232 e. The van der Waals surface area contributed by atoms with Crippen LogP contribution in [0.15, 0.2) is 72.0 Å². The van der Waals surface area contributed by atoms with Gasteiger partial charge >= 0.3 is 0 Å². The van der Waals surface area contributed by atoms with Crippen LogP contribution in [0.2, 0.25) is 5.02 Å². The zero-order valence-electron chi connectivity index (χ0n) is 17.3. The number of ether oxygens (including phenoxy) is 1. The third-order valence-electron chi connectivity index (χ3n) is 4.91. The molecule has 0 saturated heterocycles. The van der Waals surface area contributed by atoms with E-state index >= 15 is 0 Å². The minimum absolute atomic E-state index is 0.262. The molecule has 0 saturated carbocycles. The SMILES string of the molecule is COc1ncc(-c2ccc(-c3cc(-c4ccc(S(C)(=O)=O)cc4)cnc3N)cn2)cc1Cl. The van der Waals surface area contributed by atoms with E-state index in [0.717, 1.165) is 27.8 Å². The van der Waals surface area contributed by atoms with Crippen LogP contribution in [0.5, 0.6) is 5.88 Å². The lowest BCUT2D eigenvalue weighted by molar-refractivity contribution is 0.398. The van der Waals surface area contributed by atoms with E-state index in [9.17, 15) is 8.42 Å². The molecule has 4 aromatic rings. The fourth-order valence-electron chi connectivity index (χ4n) is 3.20. The second kappa shape index (κ2) is 8.57. The van der Waals surface area contributed by atoms with Crippen LogP contribution >= 0.6 is 11.6 Å². The molecule has 0 fully saturated rings. The van der Waals surface area contributed by atoms with Crippen molar-refractivity contribution in [1.82, 2.24) is 15.0 Å². The van der Waals surface area contributed by atoms with Crippen LogP contribution in [0.3, 0.4) is 0 Å². The van der Waals surface area contributed by atoms with Crippen molar-refractivity contribution < 1.29 is 13.2 Å². The molecule has 0 radical (unpaired) electrons. The molecule has 32 heavy (non-hydrogen) atoms. The third-order valence-corrected chi connectivity index (χ3v) is 6.30. The molecule has 0 unspecified atom stereocenters. The number of nitrogens with two attached hydrogens (primary N) is 1. The van der Waals surface area contributed by atoms with Crippen LogP contribution in [0.4, 0.5) is 5.82 Å². The van der Waals surface area contributed by atoms with Gasteiger partial charge < -0.3 is 10.5 Å². The first-order valence-electron chi connectivity index (χ1n) is 9.48. The molecule has 0 amide bonds. The highest BCUT2D eigenvalue weighted by Crippen LogP contribution is 2.32. The van der Waals surface area contributed by atoms with Crippen molar-refractivity contribution in [2.24, 2.45) is 0 Å². The van der Waals surface area contributed by atoms with Crippen molar-refractivity contribution >= 4 is 27.3 Å². The fourth-order valence-corrected chi connectivity index (χ4v) is 4.07. The van der Waals surface area contributed by atoms with Crippen LogP contribution in [0.25, 0.3) is 33.5 Å². The number of methoxy groups -OCH3 is 1. The molecule has 7 nitrogen and oxygen atoms in total. The summed E-state index contributed by atoms with van der Waals surface area (Å²) in [5.74, 6) is 0.720. The first-order valence-corrected chi connectivity index (χ1v) is 11.8. The van der Waals surface area contributed by atoms with Gasteiger partial charge in [-0.1, -0.05) is 29.8 Å². The highest BCUT2D eigenvalue weighted by Gasteiger charge is 2.11. The number of hydrogen-bond acceptors (Lipinski definition) is 7. The van der Waals surface area contributed by atoms with Crippen LogP contribution < -0.4 is 10.5 Å². The lowest BCUT2D eigenvalue weighted by Gasteiger charge is -2.10. The summed E-state index contributed by atoms with van der Waals surface area (Å²) in [6.45, 7) is 0. The van der Waals surface area contributed by atoms with Gasteiger partial charge in [0.25, 0.3) is 0 Å². The molecule has 9 heteroatoms. The largest absolute Gasteiger partial charge is 0.480 e. The number of anilines is 1. The Labute approximate surface area is 190 Å². The molecule has 0 atom stereocenters. The quantitative estimate of drug-likeness (QED) is 0.460. The summed E-state index contributed by atoms with van der Waals surface area (Å²) < 4.78 is 28.5. The molecule has 1 aromatic carbocycles. The Morgan fingerprint density at radius 2 is 1.50 bits per heavy atom. The van der Waals surface area contributed by atoms with Gasteiger partial charge in [0.15, 0.2) is 9.84 Å². The normalized spacial score (nSPS) is 11.3. The van der Waals surface area contributed by atoms with E-state index in [-0.39, 0.29) is 4.90 Å². The van der Waals surface area contributed by atoms with Crippen LogP contribution in [-0.2, 0) is 9.84 Å². The van der Waals surface area contributed by atoms with Crippen LogP contribution in [0.1, 0.15) is 0 Å². The topological polar surface area (TPSA) is 108 Å². The monoisotopic (exact) mass is 466 g/mol. The summed E-state index contributed by atoms with van der Waals surface area (Å²) in [7, 11) is -1.75. The standard InChI is InChI=1S/C23H19ClN4O3S/c1-31-23-20(24)10-17(13-28-23)21-8-5-15(11-26-21)19-9-16(12-27-22(19)25)14-3-6-18(7-4-14)32(2,29)30/h3-13H,1-2H3,(H2,25,27). The van der Waals surface area contributed by atoms with Crippen molar-refractivity contribution in [3.63, 3.8) is 0 Å². The van der Waals surface area contributed by atoms with E-state index in [4.69, 9.17) is 22.1 Å². The number of halogens is 1. The van der Waals surface area contributed by atoms with Crippen LogP contribution in [0, 0.1) is 0 Å². The average molecular weight is 467 g/mol. The fraction of sp³-hybridized carbons (Fsp3) is 0.0870. The van der Waals surface area contributed by atoms with Crippen molar-refractivity contribution in [2.75, 3.05) is 19.1 Å².